The maximum Gasteiger partial charge on any atom is 0.412 e. The van der Waals surface area contributed by atoms with Crippen LogP contribution in [0, 0.1) is 0 Å². The van der Waals surface area contributed by atoms with Gasteiger partial charge in [0, 0.05) is 5.56 Å². The lowest BCUT2D eigenvalue weighted by atomic mass is 9.81. The van der Waals surface area contributed by atoms with E-state index in [4.69, 9.17) is 9.26 Å². The van der Waals surface area contributed by atoms with Crippen molar-refractivity contribution in [2.24, 2.45) is 0 Å². The molecule has 0 saturated carbocycles. The number of nitrogens with one attached hydrogen (secondary N) is 1. The van der Waals surface area contributed by atoms with E-state index in [0.29, 0.717) is 17.8 Å². The number of benzene rings is 3. The summed E-state index contributed by atoms with van der Waals surface area (Å²) in [6.45, 7) is 1.81. The number of aryl methyl sites for hydroxylation is 1. The molecule has 0 fully saturated rings. The Morgan fingerprint density at radius 2 is 1.75 bits per heavy atom. The van der Waals surface area contributed by atoms with Gasteiger partial charge in [0.15, 0.2) is 0 Å². The summed E-state index contributed by atoms with van der Waals surface area (Å²) < 4.78 is 10.6. The molecule has 182 valence electrons. The van der Waals surface area contributed by atoms with Crippen LogP contribution in [0.1, 0.15) is 48.5 Å². The van der Waals surface area contributed by atoms with Crippen molar-refractivity contribution in [3.05, 3.63) is 95.7 Å². The number of aromatic nitrogens is 1. The van der Waals surface area contributed by atoms with Gasteiger partial charge in [0.25, 0.3) is 0 Å². The van der Waals surface area contributed by atoms with E-state index in [-0.39, 0.29) is 0 Å². The van der Waals surface area contributed by atoms with Gasteiger partial charge in [0.1, 0.15) is 23.7 Å². The van der Waals surface area contributed by atoms with Crippen molar-refractivity contribution in [1.29, 1.82) is 0 Å². The summed E-state index contributed by atoms with van der Waals surface area (Å²) in [5.74, 6) is -1.19. The highest BCUT2D eigenvalue weighted by Gasteiger charge is 2.26. The molecule has 7 heteroatoms. The first-order chi connectivity index (χ1) is 17.5. The SMILES string of the molecule is CC(OC(=O)Nc1conc1-c1ccc(-c2ccc3c(c2)CCCC3C(=O)O)cc1)c1ccccc1. The maximum atomic E-state index is 12.5. The maximum absolute atomic E-state index is 12.5. The minimum Gasteiger partial charge on any atom is -0.481 e. The van der Waals surface area contributed by atoms with Gasteiger partial charge in [-0.1, -0.05) is 78.0 Å². The van der Waals surface area contributed by atoms with E-state index in [2.05, 4.69) is 16.5 Å². The summed E-state index contributed by atoms with van der Waals surface area (Å²) in [6, 6.07) is 23.3. The molecule has 7 nitrogen and oxygen atoms in total. The molecule has 1 amide bonds. The average molecular weight is 483 g/mol. The van der Waals surface area contributed by atoms with Crippen LogP contribution in [0.5, 0.6) is 0 Å². The van der Waals surface area contributed by atoms with Crippen LogP contribution in [-0.4, -0.2) is 22.3 Å². The molecule has 0 bridgehead atoms. The van der Waals surface area contributed by atoms with Crippen molar-refractivity contribution < 1.29 is 24.0 Å². The van der Waals surface area contributed by atoms with Gasteiger partial charge in [0.2, 0.25) is 0 Å². The van der Waals surface area contributed by atoms with Gasteiger partial charge < -0.3 is 14.4 Å². The number of carbonyl (C=O) groups is 2. The molecule has 2 atom stereocenters. The van der Waals surface area contributed by atoms with E-state index >= 15 is 0 Å². The third kappa shape index (κ3) is 4.86. The summed E-state index contributed by atoms with van der Waals surface area (Å²) in [5, 5.41) is 16.3. The Balaban J connectivity index is 1.30. The number of fused-ring (bicyclic) bond motifs is 1. The number of nitrogens with zero attached hydrogens (tertiary/aromatic N) is 1. The Kier molecular flexibility index (Phi) is 6.54. The summed E-state index contributed by atoms with van der Waals surface area (Å²) >= 11 is 0. The number of ether oxygens (including phenoxy) is 1. The Morgan fingerprint density at radius 3 is 2.50 bits per heavy atom. The molecule has 0 radical (unpaired) electrons. The Hall–Kier alpha value is -4.39. The van der Waals surface area contributed by atoms with E-state index in [0.717, 1.165) is 46.2 Å². The first-order valence-electron chi connectivity index (χ1n) is 11.9. The molecular formula is C29H26N2O5. The van der Waals surface area contributed by atoms with Gasteiger partial charge in [-0.2, -0.15) is 0 Å². The summed E-state index contributed by atoms with van der Waals surface area (Å²) in [5.41, 5.74) is 6.65. The third-order valence-corrected chi connectivity index (χ3v) is 6.61. The number of aliphatic carboxylic acids is 1. The normalized spacial score (nSPS) is 15.5. The molecule has 1 heterocycles. The number of carboxylic acids is 1. The van der Waals surface area contributed by atoms with Crippen molar-refractivity contribution in [2.45, 2.75) is 38.2 Å². The first kappa shape index (κ1) is 23.4. The number of carbonyl (C=O) groups excluding carboxylic acids is 1. The second-order valence-electron chi connectivity index (χ2n) is 8.93. The number of hydrogen-bond acceptors (Lipinski definition) is 5. The molecule has 0 spiro atoms. The van der Waals surface area contributed by atoms with Crippen molar-refractivity contribution >= 4 is 17.7 Å². The molecule has 1 aliphatic rings. The lowest BCUT2D eigenvalue weighted by molar-refractivity contribution is -0.139. The molecule has 4 aromatic rings. The van der Waals surface area contributed by atoms with Gasteiger partial charge in [-0.15, -0.1) is 0 Å². The van der Waals surface area contributed by atoms with Crippen LogP contribution in [0.25, 0.3) is 22.4 Å². The van der Waals surface area contributed by atoms with Crippen LogP contribution in [0.2, 0.25) is 0 Å². The minimum absolute atomic E-state index is 0.406. The zero-order valence-corrected chi connectivity index (χ0v) is 19.8. The van der Waals surface area contributed by atoms with Crippen molar-refractivity contribution in [3.63, 3.8) is 0 Å². The highest BCUT2D eigenvalue weighted by atomic mass is 16.6. The van der Waals surface area contributed by atoms with Gasteiger partial charge in [-0.25, -0.2) is 4.79 Å². The number of amides is 1. The number of hydrogen-bond donors (Lipinski definition) is 2. The summed E-state index contributed by atoms with van der Waals surface area (Å²) in [4.78, 5) is 24.0. The van der Waals surface area contributed by atoms with Crippen LogP contribution in [0.3, 0.4) is 0 Å². The highest BCUT2D eigenvalue weighted by Crippen LogP contribution is 2.35. The van der Waals surface area contributed by atoms with Crippen LogP contribution in [0.4, 0.5) is 10.5 Å². The van der Waals surface area contributed by atoms with Gasteiger partial charge in [-0.05, 0) is 54.0 Å². The van der Waals surface area contributed by atoms with Crippen LogP contribution in [-0.2, 0) is 16.0 Å². The predicted octanol–water partition coefficient (Wildman–Crippen LogP) is 6.82. The molecule has 0 saturated heterocycles. The Labute approximate surface area is 208 Å². The monoisotopic (exact) mass is 482 g/mol. The third-order valence-electron chi connectivity index (χ3n) is 6.61. The van der Waals surface area contributed by atoms with Crippen molar-refractivity contribution in [3.8, 4) is 22.4 Å². The van der Waals surface area contributed by atoms with Gasteiger partial charge in [0.05, 0.1) is 5.92 Å². The molecular weight excluding hydrogens is 456 g/mol. The van der Waals surface area contributed by atoms with Crippen LogP contribution >= 0.6 is 0 Å². The van der Waals surface area contributed by atoms with Crippen LogP contribution < -0.4 is 5.32 Å². The minimum atomic E-state index is -0.761. The summed E-state index contributed by atoms with van der Waals surface area (Å²) in [6.07, 6.45) is 2.82. The van der Waals surface area contributed by atoms with Gasteiger partial charge in [-0.3, -0.25) is 10.1 Å². The van der Waals surface area contributed by atoms with E-state index < -0.39 is 24.1 Å². The molecule has 1 aliphatic carbocycles. The second kappa shape index (κ2) is 10.1. The molecule has 3 aromatic carbocycles. The summed E-state index contributed by atoms with van der Waals surface area (Å²) in [7, 11) is 0. The number of rotatable bonds is 6. The van der Waals surface area contributed by atoms with E-state index in [1.807, 2.05) is 73.7 Å². The fourth-order valence-corrected chi connectivity index (χ4v) is 4.70. The largest absolute Gasteiger partial charge is 0.481 e. The molecule has 1 aromatic heterocycles. The van der Waals surface area contributed by atoms with Crippen molar-refractivity contribution in [1.82, 2.24) is 5.16 Å². The Morgan fingerprint density at radius 1 is 1.03 bits per heavy atom. The zero-order valence-electron chi connectivity index (χ0n) is 19.8. The molecule has 0 aliphatic heterocycles. The fraction of sp³-hybridized carbons (Fsp3) is 0.207. The topological polar surface area (TPSA) is 102 Å². The smallest absolute Gasteiger partial charge is 0.412 e. The van der Waals surface area contributed by atoms with Crippen molar-refractivity contribution in [2.75, 3.05) is 5.32 Å². The second-order valence-corrected chi connectivity index (χ2v) is 8.93. The van der Waals surface area contributed by atoms with E-state index in [9.17, 15) is 14.7 Å². The lowest BCUT2D eigenvalue weighted by Crippen LogP contribution is -2.17. The van der Waals surface area contributed by atoms with Gasteiger partial charge >= 0.3 is 12.1 Å². The standard InChI is InChI=1S/C29H26N2O5/c1-18(19-6-3-2-4-7-19)36-29(34)30-26-17-35-31-27(26)21-12-10-20(11-13-21)22-14-15-24-23(16-22)8-5-9-25(24)28(32)33/h2-4,6-7,10-18,25H,5,8-9H2,1H3,(H,30,34)(H,32,33). The first-order valence-corrected chi connectivity index (χ1v) is 11.9. The Bertz CT molecular complexity index is 1380. The number of carboxylic acid groups (broad SMARTS) is 1. The fourth-order valence-electron chi connectivity index (χ4n) is 4.70. The number of anilines is 1. The zero-order chi connectivity index (χ0) is 25.1. The molecule has 2 unspecified atom stereocenters. The highest BCUT2D eigenvalue weighted by molar-refractivity contribution is 5.90. The van der Waals surface area contributed by atoms with E-state index in [1.165, 1.54) is 6.26 Å². The predicted molar refractivity (Wildman–Crippen MR) is 136 cm³/mol. The lowest BCUT2D eigenvalue weighted by Gasteiger charge is -2.23. The molecule has 2 N–H and O–H groups in total. The molecule has 36 heavy (non-hydrogen) atoms. The quantitative estimate of drug-likeness (QED) is 0.313. The van der Waals surface area contributed by atoms with Crippen LogP contribution in [0.15, 0.2) is 83.6 Å². The molecule has 5 rings (SSSR count). The van der Waals surface area contributed by atoms with E-state index in [1.54, 1.807) is 0 Å². The average Bonchev–Trinajstić information content (AvgIpc) is 3.36.